The largest absolute Gasteiger partial charge is 0.0625 e. The van der Waals surface area contributed by atoms with Crippen LogP contribution in [-0.4, -0.2) is 0 Å². The van der Waals surface area contributed by atoms with Crippen molar-refractivity contribution in [2.75, 3.05) is 0 Å². The second-order valence-corrected chi connectivity index (χ2v) is 7.49. The van der Waals surface area contributed by atoms with Crippen LogP contribution in [0.5, 0.6) is 0 Å². The van der Waals surface area contributed by atoms with E-state index in [0.717, 1.165) is 23.7 Å². The first kappa shape index (κ1) is 15.6. The molecular weight excluding hydrogens is 240 g/mol. The number of hydrogen-bond acceptors (Lipinski definition) is 0. The topological polar surface area (TPSA) is 0 Å². The van der Waals surface area contributed by atoms with Crippen molar-refractivity contribution in [1.29, 1.82) is 0 Å². The van der Waals surface area contributed by atoms with E-state index in [1.54, 1.807) is 16.7 Å². The van der Waals surface area contributed by atoms with E-state index >= 15 is 0 Å². The van der Waals surface area contributed by atoms with Crippen LogP contribution in [0.4, 0.5) is 0 Å². The first-order valence-corrected chi connectivity index (χ1v) is 8.34. The van der Waals surface area contributed by atoms with Crippen LogP contribution in [-0.2, 0) is 0 Å². The SMILES string of the molecule is Cc1c(C)c(C)c(C2CCC(C(C)C)C2C)c(C)c1C. The highest BCUT2D eigenvalue weighted by atomic mass is 14.4. The van der Waals surface area contributed by atoms with Gasteiger partial charge in [0.2, 0.25) is 0 Å². The lowest BCUT2D eigenvalue weighted by atomic mass is 9.77. The van der Waals surface area contributed by atoms with Crippen LogP contribution in [0.15, 0.2) is 0 Å². The van der Waals surface area contributed by atoms with Crippen LogP contribution < -0.4 is 0 Å². The lowest BCUT2D eigenvalue weighted by Gasteiger charge is -2.28. The summed E-state index contributed by atoms with van der Waals surface area (Å²) in [5, 5.41) is 0. The van der Waals surface area contributed by atoms with Crippen LogP contribution in [0.25, 0.3) is 0 Å². The molecule has 20 heavy (non-hydrogen) atoms. The predicted octanol–water partition coefficient (Wildman–Crippen LogP) is 6.01. The summed E-state index contributed by atoms with van der Waals surface area (Å²) in [7, 11) is 0. The number of benzene rings is 1. The third-order valence-corrected chi connectivity index (χ3v) is 6.41. The average Bonchev–Trinajstić information content (AvgIpc) is 2.77. The lowest BCUT2D eigenvalue weighted by molar-refractivity contribution is 0.300. The summed E-state index contributed by atoms with van der Waals surface area (Å²) in [4.78, 5) is 0. The van der Waals surface area contributed by atoms with Gasteiger partial charge in [0.15, 0.2) is 0 Å². The van der Waals surface area contributed by atoms with Crippen LogP contribution in [0, 0.1) is 52.4 Å². The standard InChI is InChI=1S/C20H32/c1-11(2)18-9-10-19(17(18)8)20-15(6)13(4)12(3)14(5)16(20)7/h11,17-19H,9-10H2,1-8H3. The monoisotopic (exact) mass is 272 g/mol. The molecule has 0 spiro atoms. The smallest absolute Gasteiger partial charge is 0.0128 e. The zero-order valence-corrected chi connectivity index (χ0v) is 14.7. The Balaban J connectivity index is 2.50. The van der Waals surface area contributed by atoms with Crippen molar-refractivity contribution in [1.82, 2.24) is 0 Å². The fraction of sp³-hybridized carbons (Fsp3) is 0.700. The van der Waals surface area contributed by atoms with Crippen molar-refractivity contribution in [2.45, 2.75) is 74.1 Å². The fourth-order valence-corrected chi connectivity index (χ4v) is 4.63. The van der Waals surface area contributed by atoms with Crippen LogP contribution in [0.1, 0.15) is 72.9 Å². The minimum atomic E-state index is 0.778. The van der Waals surface area contributed by atoms with Crippen LogP contribution in [0.3, 0.4) is 0 Å². The summed E-state index contributed by atoms with van der Waals surface area (Å²) in [6.45, 7) is 18.9. The van der Waals surface area contributed by atoms with E-state index in [1.165, 1.54) is 29.5 Å². The Morgan fingerprint density at radius 1 is 0.750 bits per heavy atom. The second-order valence-electron chi connectivity index (χ2n) is 7.49. The first-order valence-electron chi connectivity index (χ1n) is 8.34. The third-order valence-electron chi connectivity index (χ3n) is 6.41. The summed E-state index contributed by atoms with van der Waals surface area (Å²) >= 11 is 0. The molecule has 0 heteroatoms. The van der Waals surface area contributed by atoms with Gasteiger partial charge in [-0.3, -0.25) is 0 Å². The molecule has 1 aromatic carbocycles. The maximum atomic E-state index is 2.49. The van der Waals surface area contributed by atoms with Gasteiger partial charge in [-0.15, -0.1) is 0 Å². The van der Waals surface area contributed by atoms with Gasteiger partial charge in [0.1, 0.15) is 0 Å². The molecule has 3 unspecified atom stereocenters. The van der Waals surface area contributed by atoms with Gasteiger partial charge < -0.3 is 0 Å². The third kappa shape index (κ3) is 2.32. The number of rotatable bonds is 2. The van der Waals surface area contributed by atoms with E-state index in [-0.39, 0.29) is 0 Å². The molecule has 1 saturated carbocycles. The van der Waals surface area contributed by atoms with Gasteiger partial charge in [-0.1, -0.05) is 20.8 Å². The Kier molecular flexibility index (Phi) is 4.33. The fourth-order valence-electron chi connectivity index (χ4n) is 4.63. The lowest BCUT2D eigenvalue weighted by Crippen LogP contribution is -2.17. The summed E-state index contributed by atoms with van der Waals surface area (Å²) in [5.41, 5.74) is 9.33. The minimum Gasteiger partial charge on any atom is -0.0625 e. The Labute approximate surface area is 126 Å². The molecule has 112 valence electrons. The second kappa shape index (κ2) is 5.54. The zero-order valence-electron chi connectivity index (χ0n) is 14.7. The van der Waals surface area contributed by atoms with Crippen LogP contribution in [0.2, 0.25) is 0 Å². The summed E-state index contributed by atoms with van der Waals surface area (Å²) in [5.74, 6) is 3.33. The molecular formula is C20H32. The molecule has 2 rings (SSSR count). The molecule has 0 nitrogen and oxygen atoms in total. The van der Waals surface area contributed by atoms with E-state index in [9.17, 15) is 0 Å². The molecule has 1 aliphatic carbocycles. The number of hydrogen-bond donors (Lipinski definition) is 0. The molecule has 3 atom stereocenters. The highest BCUT2D eigenvalue weighted by Crippen LogP contribution is 2.48. The minimum absolute atomic E-state index is 0.778. The molecule has 0 aromatic heterocycles. The molecule has 0 amide bonds. The van der Waals surface area contributed by atoms with Crippen molar-refractivity contribution < 1.29 is 0 Å². The van der Waals surface area contributed by atoms with Crippen LogP contribution >= 0.6 is 0 Å². The van der Waals surface area contributed by atoms with E-state index in [2.05, 4.69) is 55.4 Å². The van der Waals surface area contributed by atoms with E-state index in [0.29, 0.717) is 0 Å². The van der Waals surface area contributed by atoms with Gasteiger partial charge >= 0.3 is 0 Å². The van der Waals surface area contributed by atoms with Gasteiger partial charge in [-0.2, -0.15) is 0 Å². The van der Waals surface area contributed by atoms with E-state index in [1.807, 2.05) is 0 Å². The van der Waals surface area contributed by atoms with Gasteiger partial charge in [0.25, 0.3) is 0 Å². The van der Waals surface area contributed by atoms with Gasteiger partial charge in [-0.05, 0) is 105 Å². The Hall–Kier alpha value is -0.780. The maximum Gasteiger partial charge on any atom is -0.0128 e. The summed E-state index contributed by atoms with van der Waals surface area (Å²) < 4.78 is 0. The highest BCUT2D eigenvalue weighted by molar-refractivity contribution is 5.51. The maximum absolute atomic E-state index is 2.49. The molecule has 1 fully saturated rings. The average molecular weight is 272 g/mol. The molecule has 1 aromatic rings. The van der Waals surface area contributed by atoms with Gasteiger partial charge in [0, 0.05) is 0 Å². The highest BCUT2D eigenvalue weighted by Gasteiger charge is 2.37. The van der Waals surface area contributed by atoms with Crippen molar-refractivity contribution >= 4 is 0 Å². The molecule has 1 aliphatic rings. The molecule has 0 bridgehead atoms. The van der Waals surface area contributed by atoms with Crippen molar-refractivity contribution in [3.63, 3.8) is 0 Å². The quantitative estimate of drug-likeness (QED) is 0.618. The normalized spacial score (nSPS) is 26.6. The molecule has 0 N–H and O–H groups in total. The van der Waals surface area contributed by atoms with Gasteiger partial charge in [0.05, 0.1) is 0 Å². The molecule has 0 aliphatic heterocycles. The summed E-state index contributed by atoms with van der Waals surface area (Å²) in [6.07, 6.45) is 2.79. The van der Waals surface area contributed by atoms with Crippen molar-refractivity contribution in [2.24, 2.45) is 17.8 Å². The van der Waals surface area contributed by atoms with E-state index in [4.69, 9.17) is 0 Å². The first-order chi connectivity index (χ1) is 9.27. The van der Waals surface area contributed by atoms with Gasteiger partial charge in [-0.25, -0.2) is 0 Å². The Morgan fingerprint density at radius 3 is 1.60 bits per heavy atom. The van der Waals surface area contributed by atoms with Crippen molar-refractivity contribution in [3.05, 3.63) is 33.4 Å². The molecule has 0 radical (unpaired) electrons. The molecule has 0 heterocycles. The Bertz CT molecular complexity index is 478. The molecule has 0 saturated heterocycles. The van der Waals surface area contributed by atoms with Crippen molar-refractivity contribution in [3.8, 4) is 0 Å². The Morgan fingerprint density at radius 2 is 1.20 bits per heavy atom. The predicted molar refractivity (Wildman–Crippen MR) is 89.6 cm³/mol. The van der Waals surface area contributed by atoms with E-state index < -0.39 is 0 Å². The summed E-state index contributed by atoms with van der Waals surface area (Å²) in [6, 6.07) is 0. The zero-order chi connectivity index (χ0) is 15.2.